The third-order valence-electron chi connectivity index (χ3n) is 3.86. The number of hydrogen-bond donors (Lipinski definition) is 4. The summed E-state index contributed by atoms with van der Waals surface area (Å²) in [5, 5.41) is 11.9. The monoisotopic (exact) mass is 340 g/mol. The predicted octanol–water partition coefficient (Wildman–Crippen LogP) is 1.38. The highest BCUT2D eigenvalue weighted by atomic mass is 16.4. The maximum atomic E-state index is 12.2. The van der Waals surface area contributed by atoms with Crippen LogP contribution in [0.5, 0.6) is 0 Å². The molecule has 0 radical (unpaired) electrons. The highest BCUT2D eigenvalue weighted by Crippen LogP contribution is 2.23. The zero-order valence-electron chi connectivity index (χ0n) is 13.8. The van der Waals surface area contributed by atoms with E-state index in [1.807, 2.05) is 12.1 Å². The molecule has 2 heterocycles. The number of nitrogens with one attached hydrogen (secondary N) is 2. The average Bonchev–Trinajstić information content (AvgIpc) is 3.10. The Hall–Kier alpha value is -3.55. The highest BCUT2D eigenvalue weighted by Gasteiger charge is 2.20. The van der Waals surface area contributed by atoms with Gasteiger partial charge in [-0.2, -0.15) is 0 Å². The molecule has 0 aliphatic rings. The molecule has 3 rings (SSSR count). The van der Waals surface area contributed by atoms with Gasteiger partial charge in [-0.1, -0.05) is 12.1 Å². The minimum Gasteiger partial charge on any atom is -0.477 e. The SMILES string of the molecule is Cn1cc(-c2ccc(NC(=O)c3[nH]c(N)c[n+]3C)cc2)cc1C(=O)O. The Balaban J connectivity index is 1.78. The number of rotatable bonds is 4. The zero-order valence-corrected chi connectivity index (χ0v) is 13.8. The number of benzene rings is 1. The molecule has 0 spiro atoms. The molecule has 5 N–H and O–H groups in total. The number of nitrogens with two attached hydrogens (primary N) is 1. The minimum atomic E-state index is -0.976. The Kier molecular flexibility index (Phi) is 4.02. The number of carboxylic acid groups (broad SMARTS) is 1. The van der Waals surface area contributed by atoms with Crippen LogP contribution in [0.3, 0.4) is 0 Å². The number of carbonyl (C=O) groups is 2. The zero-order chi connectivity index (χ0) is 18.1. The van der Waals surface area contributed by atoms with Crippen molar-refractivity contribution in [2.75, 3.05) is 11.1 Å². The summed E-state index contributed by atoms with van der Waals surface area (Å²) in [7, 11) is 3.41. The van der Waals surface area contributed by atoms with Crippen LogP contribution in [0.15, 0.2) is 42.7 Å². The fraction of sp³-hybridized carbons (Fsp3) is 0.118. The summed E-state index contributed by atoms with van der Waals surface area (Å²) < 4.78 is 3.17. The van der Waals surface area contributed by atoms with Crippen molar-refractivity contribution in [1.29, 1.82) is 0 Å². The van der Waals surface area contributed by atoms with Crippen LogP contribution in [-0.4, -0.2) is 26.5 Å². The van der Waals surface area contributed by atoms with Crippen molar-refractivity contribution in [2.24, 2.45) is 14.1 Å². The second-order valence-electron chi connectivity index (χ2n) is 5.73. The molecule has 0 aliphatic carbocycles. The van der Waals surface area contributed by atoms with Crippen molar-refractivity contribution < 1.29 is 19.3 Å². The average molecular weight is 340 g/mol. The molecule has 2 aromatic heterocycles. The third-order valence-corrected chi connectivity index (χ3v) is 3.86. The lowest BCUT2D eigenvalue weighted by Gasteiger charge is -2.04. The summed E-state index contributed by atoms with van der Waals surface area (Å²) in [4.78, 5) is 26.2. The first-order valence-electron chi connectivity index (χ1n) is 7.50. The normalized spacial score (nSPS) is 10.6. The van der Waals surface area contributed by atoms with Crippen molar-refractivity contribution in [3.05, 3.63) is 54.2 Å². The number of aromatic amines is 1. The molecule has 0 saturated carbocycles. The molecule has 3 aromatic rings. The van der Waals surface area contributed by atoms with Crippen LogP contribution in [0.1, 0.15) is 21.1 Å². The van der Waals surface area contributed by atoms with E-state index in [0.717, 1.165) is 11.1 Å². The number of imidazole rings is 1. The smallest absolute Gasteiger partial charge is 0.352 e. The van der Waals surface area contributed by atoms with E-state index in [4.69, 9.17) is 10.8 Å². The van der Waals surface area contributed by atoms with Crippen LogP contribution in [0.2, 0.25) is 0 Å². The number of aromatic nitrogens is 3. The van der Waals surface area contributed by atoms with E-state index >= 15 is 0 Å². The van der Waals surface area contributed by atoms with Crippen molar-refractivity contribution in [1.82, 2.24) is 9.55 Å². The van der Waals surface area contributed by atoms with Gasteiger partial charge in [0.1, 0.15) is 5.69 Å². The van der Waals surface area contributed by atoms with Gasteiger partial charge < -0.3 is 20.7 Å². The van der Waals surface area contributed by atoms with E-state index < -0.39 is 5.97 Å². The van der Waals surface area contributed by atoms with E-state index in [0.29, 0.717) is 17.3 Å². The first-order chi connectivity index (χ1) is 11.8. The Morgan fingerprint density at radius 3 is 2.44 bits per heavy atom. The molecule has 0 fully saturated rings. The minimum absolute atomic E-state index is 0.212. The van der Waals surface area contributed by atoms with Crippen LogP contribution in [0, 0.1) is 0 Å². The topological polar surface area (TPSA) is 117 Å². The molecule has 1 amide bonds. The summed E-state index contributed by atoms with van der Waals surface area (Å²) in [6, 6.07) is 8.76. The maximum Gasteiger partial charge on any atom is 0.352 e. The quantitative estimate of drug-likeness (QED) is 0.537. The fourth-order valence-electron chi connectivity index (χ4n) is 2.62. The van der Waals surface area contributed by atoms with Gasteiger partial charge in [0.2, 0.25) is 5.82 Å². The van der Waals surface area contributed by atoms with Crippen LogP contribution >= 0.6 is 0 Å². The van der Waals surface area contributed by atoms with Crippen LogP contribution in [-0.2, 0) is 14.1 Å². The second-order valence-corrected chi connectivity index (χ2v) is 5.73. The highest BCUT2D eigenvalue weighted by molar-refractivity contribution is 6.01. The first kappa shape index (κ1) is 16.3. The Bertz CT molecular complexity index is 953. The van der Waals surface area contributed by atoms with Gasteiger partial charge in [0.25, 0.3) is 0 Å². The lowest BCUT2D eigenvalue weighted by atomic mass is 10.1. The van der Waals surface area contributed by atoms with Gasteiger partial charge in [0.15, 0.2) is 6.20 Å². The number of hydrogen-bond acceptors (Lipinski definition) is 3. The van der Waals surface area contributed by atoms with Gasteiger partial charge in [0, 0.05) is 24.5 Å². The molecular formula is C17H18N5O3+. The largest absolute Gasteiger partial charge is 0.477 e. The molecule has 0 saturated heterocycles. The number of nitrogen functional groups attached to an aromatic ring is 1. The number of nitrogens with zero attached hydrogens (tertiary/aromatic N) is 2. The number of aromatic carboxylic acids is 1. The number of aryl methyl sites for hydroxylation is 2. The number of anilines is 2. The standard InChI is InChI=1S/C17H17N5O3/c1-21-8-11(7-13(21)17(24)25)10-3-5-12(6-4-10)19-16(23)15-20-14(18)9-22(15)2/h3-9H,18H2,1-2H3,(H2,19,23,24,25)/p+1. The molecule has 8 nitrogen and oxygen atoms in total. The van der Waals surface area contributed by atoms with Gasteiger partial charge in [-0.05, 0) is 23.8 Å². The summed E-state index contributed by atoms with van der Waals surface area (Å²) in [5.41, 5.74) is 8.11. The van der Waals surface area contributed by atoms with Gasteiger partial charge in [-0.3, -0.25) is 4.79 Å². The van der Waals surface area contributed by atoms with E-state index in [1.54, 1.807) is 53.8 Å². The van der Waals surface area contributed by atoms with Gasteiger partial charge >= 0.3 is 17.7 Å². The van der Waals surface area contributed by atoms with Crippen LogP contribution in [0.25, 0.3) is 11.1 Å². The molecule has 25 heavy (non-hydrogen) atoms. The number of amides is 1. The molecule has 8 heteroatoms. The number of H-pyrrole nitrogens is 1. The second kappa shape index (κ2) is 6.16. The van der Waals surface area contributed by atoms with Gasteiger partial charge in [-0.25, -0.2) is 14.3 Å². The first-order valence-corrected chi connectivity index (χ1v) is 7.50. The summed E-state index contributed by atoms with van der Waals surface area (Å²) in [6.45, 7) is 0. The van der Waals surface area contributed by atoms with Crippen molar-refractivity contribution in [2.45, 2.75) is 0 Å². The molecule has 0 bridgehead atoms. The van der Waals surface area contributed by atoms with E-state index in [1.165, 1.54) is 0 Å². The van der Waals surface area contributed by atoms with Crippen molar-refractivity contribution in [3.63, 3.8) is 0 Å². The van der Waals surface area contributed by atoms with E-state index in [-0.39, 0.29) is 11.6 Å². The fourth-order valence-corrected chi connectivity index (χ4v) is 2.62. The van der Waals surface area contributed by atoms with Crippen LogP contribution in [0.4, 0.5) is 11.5 Å². The molecule has 128 valence electrons. The van der Waals surface area contributed by atoms with E-state index in [9.17, 15) is 9.59 Å². The number of carboxylic acids is 1. The molecule has 0 unspecified atom stereocenters. The lowest BCUT2D eigenvalue weighted by molar-refractivity contribution is -0.671. The molecule has 0 aliphatic heterocycles. The van der Waals surface area contributed by atoms with Gasteiger partial charge in [0.05, 0.1) is 7.05 Å². The van der Waals surface area contributed by atoms with Crippen molar-refractivity contribution >= 4 is 23.4 Å². The predicted molar refractivity (Wildman–Crippen MR) is 92.1 cm³/mol. The van der Waals surface area contributed by atoms with Crippen LogP contribution < -0.4 is 15.6 Å². The Labute approximate surface area is 143 Å². The summed E-state index contributed by atoms with van der Waals surface area (Å²) >= 11 is 0. The third kappa shape index (κ3) is 3.23. The lowest BCUT2D eigenvalue weighted by Crippen LogP contribution is -2.35. The Morgan fingerprint density at radius 2 is 1.92 bits per heavy atom. The molecular weight excluding hydrogens is 322 g/mol. The van der Waals surface area contributed by atoms with Gasteiger partial charge in [-0.15, -0.1) is 0 Å². The number of carbonyl (C=O) groups excluding carboxylic acids is 1. The summed E-state index contributed by atoms with van der Waals surface area (Å²) in [6.07, 6.45) is 3.37. The molecule has 0 atom stereocenters. The van der Waals surface area contributed by atoms with E-state index in [2.05, 4.69) is 10.3 Å². The molecule has 1 aromatic carbocycles. The maximum absolute atomic E-state index is 12.2. The Morgan fingerprint density at radius 1 is 1.24 bits per heavy atom. The summed E-state index contributed by atoms with van der Waals surface area (Å²) in [5.74, 6) is -0.535. The van der Waals surface area contributed by atoms with Crippen molar-refractivity contribution in [3.8, 4) is 11.1 Å².